The van der Waals surface area contributed by atoms with E-state index in [0.29, 0.717) is 49.4 Å². The van der Waals surface area contributed by atoms with Crippen molar-refractivity contribution in [2.45, 2.75) is 12.8 Å². The van der Waals surface area contributed by atoms with Crippen molar-refractivity contribution in [2.24, 2.45) is 17.8 Å². The third-order valence-corrected chi connectivity index (χ3v) is 5.64. The average Bonchev–Trinajstić information content (AvgIpc) is 3.30. The maximum atomic E-state index is 12.3. The zero-order chi connectivity index (χ0) is 17.9. The van der Waals surface area contributed by atoms with Crippen LogP contribution in [-0.2, 0) is 4.74 Å². The topological polar surface area (TPSA) is 70.7 Å². The molecule has 138 valence electrons. The van der Waals surface area contributed by atoms with Crippen molar-refractivity contribution >= 4 is 17.6 Å². The highest BCUT2D eigenvalue weighted by molar-refractivity contribution is 5.95. The predicted molar refractivity (Wildman–Crippen MR) is 99.0 cm³/mol. The van der Waals surface area contributed by atoms with Gasteiger partial charge in [-0.3, -0.25) is 4.79 Å². The highest BCUT2D eigenvalue weighted by atomic mass is 16.5. The normalized spacial score (nSPS) is 26.8. The van der Waals surface area contributed by atoms with E-state index in [1.807, 2.05) is 0 Å². The van der Waals surface area contributed by atoms with Gasteiger partial charge in [-0.25, -0.2) is 4.79 Å². The first-order chi connectivity index (χ1) is 12.7. The van der Waals surface area contributed by atoms with Gasteiger partial charge in [-0.1, -0.05) is 12.2 Å². The molecule has 26 heavy (non-hydrogen) atoms. The molecule has 3 aliphatic rings. The molecule has 3 atom stereocenters. The standard InChI is InChI=1S/C20H25N3O3/c24-19(21-13-17-12-14-1-2-16(17)11-14)15-3-5-18(6-4-15)22-20(25)23-7-9-26-10-8-23/h1-6,14,16-17H,7-13H2,(H,21,24)(H,22,25)/t14-,16-,17+/m0/s1. The van der Waals surface area contributed by atoms with Gasteiger partial charge in [0.15, 0.2) is 0 Å². The maximum Gasteiger partial charge on any atom is 0.321 e. The van der Waals surface area contributed by atoms with Crippen molar-refractivity contribution in [2.75, 3.05) is 38.2 Å². The Bertz CT molecular complexity index is 695. The lowest BCUT2D eigenvalue weighted by atomic mass is 9.93. The lowest BCUT2D eigenvalue weighted by molar-refractivity contribution is 0.0564. The van der Waals surface area contributed by atoms with E-state index >= 15 is 0 Å². The number of benzene rings is 1. The summed E-state index contributed by atoms with van der Waals surface area (Å²) < 4.78 is 5.25. The van der Waals surface area contributed by atoms with Crippen LogP contribution in [0.25, 0.3) is 0 Å². The molecule has 1 aliphatic heterocycles. The van der Waals surface area contributed by atoms with Gasteiger partial charge in [-0.15, -0.1) is 0 Å². The van der Waals surface area contributed by atoms with E-state index in [0.717, 1.165) is 12.5 Å². The number of anilines is 1. The molecule has 1 aromatic rings. The van der Waals surface area contributed by atoms with E-state index in [-0.39, 0.29) is 11.9 Å². The summed E-state index contributed by atoms with van der Waals surface area (Å²) in [5.74, 6) is 1.87. The Balaban J connectivity index is 1.27. The molecule has 0 unspecified atom stereocenters. The van der Waals surface area contributed by atoms with E-state index in [4.69, 9.17) is 4.74 Å². The molecule has 6 nitrogen and oxygen atoms in total. The number of nitrogens with one attached hydrogen (secondary N) is 2. The number of morpholine rings is 1. The largest absolute Gasteiger partial charge is 0.378 e. The summed E-state index contributed by atoms with van der Waals surface area (Å²) in [6.07, 6.45) is 7.05. The van der Waals surface area contributed by atoms with E-state index in [2.05, 4.69) is 22.8 Å². The lowest BCUT2D eigenvalue weighted by Crippen LogP contribution is -2.43. The van der Waals surface area contributed by atoms with Crippen LogP contribution in [0.1, 0.15) is 23.2 Å². The minimum absolute atomic E-state index is 0.0530. The van der Waals surface area contributed by atoms with Gasteiger partial charge in [-0.05, 0) is 54.9 Å². The van der Waals surface area contributed by atoms with Crippen LogP contribution in [0.3, 0.4) is 0 Å². The van der Waals surface area contributed by atoms with Crippen molar-refractivity contribution in [3.05, 3.63) is 42.0 Å². The van der Waals surface area contributed by atoms with Crippen LogP contribution in [0.2, 0.25) is 0 Å². The van der Waals surface area contributed by atoms with Crippen molar-refractivity contribution < 1.29 is 14.3 Å². The van der Waals surface area contributed by atoms with Gasteiger partial charge in [-0.2, -0.15) is 0 Å². The molecule has 3 amide bonds. The van der Waals surface area contributed by atoms with E-state index < -0.39 is 0 Å². The molecule has 2 aliphatic carbocycles. The molecule has 1 saturated carbocycles. The fourth-order valence-corrected chi connectivity index (χ4v) is 4.13. The number of carbonyl (C=O) groups excluding carboxylic acids is 2. The molecule has 4 rings (SSSR count). The molecule has 2 N–H and O–H groups in total. The smallest absolute Gasteiger partial charge is 0.321 e. The Morgan fingerprint density at radius 1 is 1.08 bits per heavy atom. The van der Waals surface area contributed by atoms with Gasteiger partial charge in [0.1, 0.15) is 0 Å². The number of hydrogen-bond donors (Lipinski definition) is 2. The molecule has 0 aromatic heterocycles. The molecule has 2 fully saturated rings. The first kappa shape index (κ1) is 17.1. The van der Waals surface area contributed by atoms with Gasteiger partial charge in [0.25, 0.3) is 5.91 Å². The van der Waals surface area contributed by atoms with Crippen molar-refractivity contribution in [1.29, 1.82) is 0 Å². The molecule has 0 spiro atoms. The summed E-state index contributed by atoms with van der Waals surface area (Å²) in [6.45, 7) is 3.09. The Morgan fingerprint density at radius 2 is 1.85 bits per heavy atom. The zero-order valence-corrected chi connectivity index (χ0v) is 14.8. The van der Waals surface area contributed by atoms with Crippen molar-refractivity contribution in [3.8, 4) is 0 Å². The van der Waals surface area contributed by atoms with Crippen LogP contribution in [0.15, 0.2) is 36.4 Å². The van der Waals surface area contributed by atoms with Crippen LogP contribution < -0.4 is 10.6 Å². The van der Waals surface area contributed by atoms with E-state index in [9.17, 15) is 9.59 Å². The van der Waals surface area contributed by atoms with E-state index in [1.54, 1.807) is 29.2 Å². The fourth-order valence-electron chi connectivity index (χ4n) is 4.13. The Labute approximate surface area is 153 Å². The number of fused-ring (bicyclic) bond motifs is 2. The van der Waals surface area contributed by atoms with Crippen molar-refractivity contribution in [1.82, 2.24) is 10.2 Å². The van der Waals surface area contributed by atoms with Crippen LogP contribution in [0.4, 0.5) is 10.5 Å². The molecule has 2 bridgehead atoms. The second kappa shape index (κ2) is 7.50. The number of ether oxygens (including phenoxy) is 1. The van der Waals surface area contributed by atoms with Crippen LogP contribution in [0, 0.1) is 17.8 Å². The van der Waals surface area contributed by atoms with Gasteiger partial charge >= 0.3 is 6.03 Å². The first-order valence-electron chi connectivity index (χ1n) is 9.39. The predicted octanol–water partition coefficient (Wildman–Crippen LogP) is 2.49. The summed E-state index contributed by atoms with van der Waals surface area (Å²) >= 11 is 0. The lowest BCUT2D eigenvalue weighted by Gasteiger charge is -2.26. The molecular formula is C20H25N3O3. The quantitative estimate of drug-likeness (QED) is 0.815. The molecule has 1 aromatic carbocycles. The second-order valence-electron chi connectivity index (χ2n) is 7.36. The Morgan fingerprint density at radius 3 is 2.50 bits per heavy atom. The summed E-state index contributed by atoms with van der Waals surface area (Å²) in [5.41, 5.74) is 1.31. The maximum absolute atomic E-state index is 12.3. The number of amides is 3. The number of allylic oxidation sites excluding steroid dienone is 2. The third kappa shape index (κ3) is 3.75. The number of carbonyl (C=O) groups is 2. The molecule has 6 heteroatoms. The Kier molecular flexibility index (Phi) is 4.93. The van der Waals surface area contributed by atoms with Gasteiger partial charge in [0, 0.05) is 30.9 Å². The third-order valence-electron chi connectivity index (χ3n) is 5.64. The second-order valence-corrected chi connectivity index (χ2v) is 7.36. The first-order valence-corrected chi connectivity index (χ1v) is 9.39. The number of nitrogens with zero attached hydrogens (tertiary/aromatic N) is 1. The minimum atomic E-state index is -0.130. The molecular weight excluding hydrogens is 330 g/mol. The van der Waals surface area contributed by atoms with Crippen molar-refractivity contribution in [3.63, 3.8) is 0 Å². The van der Waals surface area contributed by atoms with Gasteiger partial charge in [0.2, 0.25) is 0 Å². The molecule has 1 saturated heterocycles. The number of hydrogen-bond acceptors (Lipinski definition) is 3. The summed E-state index contributed by atoms with van der Waals surface area (Å²) in [4.78, 5) is 26.3. The minimum Gasteiger partial charge on any atom is -0.378 e. The monoisotopic (exact) mass is 355 g/mol. The van der Waals surface area contributed by atoms with Crippen LogP contribution >= 0.6 is 0 Å². The SMILES string of the molecule is O=C(NC[C@H]1C[C@H]2C=C[C@H]1C2)c1ccc(NC(=O)N2CCOCC2)cc1. The Hall–Kier alpha value is -2.34. The number of rotatable bonds is 4. The highest BCUT2D eigenvalue weighted by Gasteiger charge is 2.35. The summed E-state index contributed by atoms with van der Waals surface area (Å²) in [6, 6.07) is 6.92. The van der Waals surface area contributed by atoms with Gasteiger partial charge < -0.3 is 20.3 Å². The molecule has 1 heterocycles. The fraction of sp³-hybridized carbons (Fsp3) is 0.500. The van der Waals surface area contributed by atoms with Crippen LogP contribution in [0.5, 0.6) is 0 Å². The van der Waals surface area contributed by atoms with E-state index in [1.165, 1.54) is 12.8 Å². The summed E-state index contributed by atoms with van der Waals surface area (Å²) in [7, 11) is 0. The van der Waals surface area contributed by atoms with Crippen LogP contribution in [-0.4, -0.2) is 49.7 Å². The molecule has 0 radical (unpaired) electrons. The summed E-state index contributed by atoms with van der Waals surface area (Å²) in [5, 5.41) is 5.92. The van der Waals surface area contributed by atoms with Gasteiger partial charge in [0.05, 0.1) is 13.2 Å². The highest BCUT2D eigenvalue weighted by Crippen LogP contribution is 2.42. The zero-order valence-electron chi connectivity index (χ0n) is 14.8. The number of urea groups is 1. The average molecular weight is 355 g/mol.